The van der Waals surface area contributed by atoms with E-state index in [0.29, 0.717) is 12.8 Å². The minimum atomic E-state index is -0.847. The number of nitrogens with one attached hydrogen (secondary N) is 4. The Balaban J connectivity index is 1.75. The zero-order valence-electron chi connectivity index (χ0n) is 24.6. The molecule has 4 heterocycles. The summed E-state index contributed by atoms with van der Waals surface area (Å²) in [4.78, 5) is 43.2. The Morgan fingerprint density at radius 2 is 1.25 bits per heavy atom. The second-order valence-corrected chi connectivity index (χ2v) is 10.6. The molecule has 2 aromatic heterocycles. The first-order chi connectivity index (χ1) is 19.0. The number of allylic oxidation sites excluding steroid dienone is 2. The van der Waals surface area contributed by atoms with E-state index < -0.39 is 5.97 Å². The molecule has 0 saturated heterocycles. The number of carbonyl (C=O) groups excluding carboxylic acids is 2. The van der Waals surface area contributed by atoms with E-state index in [1.54, 1.807) is 0 Å². The summed E-state index contributed by atoms with van der Waals surface area (Å²) in [5.41, 5.74) is 13.4. The molecule has 0 aromatic carbocycles. The fourth-order valence-corrected chi connectivity index (χ4v) is 5.95. The zero-order chi connectivity index (χ0) is 29.3. The number of hydrogen-bond donors (Lipinski definition) is 5. The second-order valence-electron chi connectivity index (χ2n) is 10.6. The van der Waals surface area contributed by atoms with Crippen molar-refractivity contribution >= 4 is 29.9 Å². The number of hydrogen-bond acceptors (Lipinski definition) is 3. The summed E-state index contributed by atoms with van der Waals surface area (Å²) in [5.74, 6) is -0.986. The van der Waals surface area contributed by atoms with E-state index in [-0.39, 0.29) is 18.2 Å². The quantitative estimate of drug-likeness (QED) is 0.270. The summed E-state index contributed by atoms with van der Waals surface area (Å²) in [6, 6.07) is 0. The van der Waals surface area contributed by atoms with Gasteiger partial charge >= 0.3 is 5.97 Å². The highest BCUT2D eigenvalue weighted by atomic mass is 16.4. The molecule has 0 atom stereocenters. The van der Waals surface area contributed by atoms with E-state index >= 15 is 0 Å². The second kappa shape index (κ2) is 11.6. The van der Waals surface area contributed by atoms with Gasteiger partial charge in [-0.2, -0.15) is 0 Å². The summed E-state index contributed by atoms with van der Waals surface area (Å²) >= 11 is 0. The van der Waals surface area contributed by atoms with Crippen LogP contribution in [0.5, 0.6) is 0 Å². The van der Waals surface area contributed by atoms with Crippen LogP contribution in [-0.2, 0) is 33.6 Å². The number of H-pyrrole nitrogens is 2. The van der Waals surface area contributed by atoms with Crippen molar-refractivity contribution in [3.05, 3.63) is 78.7 Å². The van der Waals surface area contributed by atoms with Crippen molar-refractivity contribution in [1.82, 2.24) is 20.6 Å². The number of carbonyl (C=O) groups is 3. The van der Waals surface area contributed by atoms with Crippen molar-refractivity contribution in [2.75, 3.05) is 0 Å². The Kier molecular flexibility index (Phi) is 8.37. The third-order valence-corrected chi connectivity index (χ3v) is 8.34. The van der Waals surface area contributed by atoms with Crippen LogP contribution in [0.1, 0.15) is 98.9 Å². The van der Waals surface area contributed by atoms with Crippen LogP contribution in [0.25, 0.3) is 12.2 Å². The number of aromatic amines is 2. The number of aromatic nitrogens is 2. The first-order valence-corrected chi connectivity index (χ1v) is 14.1. The molecule has 0 fully saturated rings. The Bertz CT molecular complexity index is 1520. The summed E-state index contributed by atoms with van der Waals surface area (Å²) in [5, 5.41) is 15.4. The molecule has 2 aromatic rings. The highest BCUT2D eigenvalue weighted by Crippen LogP contribution is 2.32. The molecule has 4 rings (SSSR count). The number of rotatable bonds is 10. The summed E-state index contributed by atoms with van der Waals surface area (Å²) in [6.45, 7) is 14.0. The molecule has 2 aliphatic heterocycles. The lowest BCUT2D eigenvalue weighted by Gasteiger charge is -2.05. The van der Waals surface area contributed by atoms with Crippen LogP contribution in [0.3, 0.4) is 0 Å². The molecule has 0 bridgehead atoms. The molecule has 0 aliphatic carbocycles. The third-order valence-electron chi connectivity index (χ3n) is 8.34. The molecule has 212 valence electrons. The Morgan fingerprint density at radius 3 is 1.75 bits per heavy atom. The fourth-order valence-electron chi connectivity index (χ4n) is 5.95. The van der Waals surface area contributed by atoms with Crippen LogP contribution in [0.4, 0.5) is 0 Å². The molecule has 8 nitrogen and oxygen atoms in total. The predicted molar refractivity (Wildman–Crippen MR) is 157 cm³/mol. The smallest absolute Gasteiger partial charge is 0.303 e. The molecule has 0 spiro atoms. The van der Waals surface area contributed by atoms with E-state index in [1.165, 1.54) is 5.56 Å². The van der Waals surface area contributed by atoms with Gasteiger partial charge in [-0.1, -0.05) is 20.8 Å². The molecule has 8 heteroatoms. The predicted octanol–water partition coefficient (Wildman–Crippen LogP) is 5.52. The SMILES string of the molecule is CCC1=C(C)C(=O)N/C1=C\c1[nH]c(Cc2[nH]c(/C=C3\NC(=O)C(C)=C3CC)c(CCC(=O)O)c2C)c(CC)c1C. The lowest BCUT2D eigenvalue weighted by molar-refractivity contribution is -0.137. The maximum atomic E-state index is 12.3. The van der Waals surface area contributed by atoms with Crippen LogP contribution in [0, 0.1) is 13.8 Å². The highest BCUT2D eigenvalue weighted by Gasteiger charge is 2.25. The Morgan fingerprint density at radius 1 is 0.725 bits per heavy atom. The van der Waals surface area contributed by atoms with Crippen molar-refractivity contribution in [2.45, 2.75) is 87.0 Å². The Hall–Kier alpha value is -4.07. The molecule has 5 N–H and O–H groups in total. The van der Waals surface area contributed by atoms with E-state index in [9.17, 15) is 19.5 Å². The van der Waals surface area contributed by atoms with Crippen molar-refractivity contribution in [2.24, 2.45) is 0 Å². The maximum absolute atomic E-state index is 12.3. The molecule has 2 aliphatic rings. The maximum Gasteiger partial charge on any atom is 0.303 e. The first-order valence-electron chi connectivity index (χ1n) is 14.1. The monoisotopic (exact) mass is 544 g/mol. The van der Waals surface area contributed by atoms with Crippen LogP contribution in [0.15, 0.2) is 33.7 Å². The number of carboxylic acids is 1. The van der Waals surface area contributed by atoms with Crippen LogP contribution < -0.4 is 10.6 Å². The zero-order valence-corrected chi connectivity index (χ0v) is 24.6. The third kappa shape index (κ3) is 5.35. The van der Waals surface area contributed by atoms with Gasteiger partial charge in [0.15, 0.2) is 0 Å². The fraction of sp³-hybridized carbons (Fsp3) is 0.406. The van der Waals surface area contributed by atoms with Crippen molar-refractivity contribution < 1.29 is 19.5 Å². The molecule has 40 heavy (non-hydrogen) atoms. The molecule has 0 unspecified atom stereocenters. The number of carboxylic acid groups (broad SMARTS) is 1. The van der Waals surface area contributed by atoms with Gasteiger partial charge in [-0.05, 0) is 98.9 Å². The average Bonchev–Trinajstić information content (AvgIpc) is 3.55. The molecule has 2 amide bonds. The van der Waals surface area contributed by atoms with Crippen molar-refractivity contribution in [3.63, 3.8) is 0 Å². The van der Waals surface area contributed by atoms with Crippen LogP contribution >= 0.6 is 0 Å². The van der Waals surface area contributed by atoms with Crippen LogP contribution in [0.2, 0.25) is 0 Å². The molecular formula is C32H40N4O4. The molecular weight excluding hydrogens is 504 g/mol. The van der Waals surface area contributed by atoms with Gasteiger partial charge in [0.25, 0.3) is 11.8 Å². The minimum absolute atomic E-state index is 0.0219. The first kappa shape index (κ1) is 28.9. The minimum Gasteiger partial charge on any atom is -0.481 e. The lowest BCUT2D eigenvalue weighted by Crippen LogP contribution is -2.15. The van der Waals surface area contributed by atoms with E-state index in [0.717, 1.165) is 92.4 Å². The van der Waals surface area contributed by atoms with Gasteiger partial charge in [-0.15, -0.1) is 0 Å². The molecule has 0 saturated carbocycles. The molecule has 0 radical (unpaired) electrons. The van der Waals surface area contributed by atoms with Crippen molar-refractivity contribution in [1.29, 1.82) is 0 Å². The van der Waals surface area contributed by atoms with E-state index in [4.69, 9.17) is 0 Å². The standard InChI is InChI=1S/C32H40N4O4/c1-8-20-16(4)24(14-27-21(9-2)18(6)31(39)35-27)33-26(20)13-25-17(5)23(11-12-30(37)38)29(34-25)15-28-22(10-3)19(7)32(40)36-28/h14-15,33-34H,8-13H2,1-7H3,(H,35,39)(H,36,40)(H,37,38)/b27-14-,28-15-. The number of aliphatic carboxylic acids is 1. The van der Waals surface area contributed by atoms with Crippen molar-refractivity contribution in [3.8, 4) is 0 Å². The van der Waals surface area contributed by atoms with Gasteiger partial charge in [0.1, 0.15) is 0 Å². The van der Waals surface area contributed by atoms with E-state index in [1.807, 2.05) is 39.8 Å². The highest BCUT2D eigenvalue weighted by molar-refractivity contribution is 6.01. The topological polar surface area (TPSA) is 127 Å². The van der Waals surface area contributed by atoms with Crippen LogP contribution in [-0.4, -0.2) is 32.9 Å². The van der Waals surface area contributed by atoms with Gasteiger partial charge < -0.3 is 25.7 Å². The Labute approximate surface area is 235 Å². The van der Waals surface area contributed by atoms with Gasteiger partial charge in [0, 0.05) is 58.2 Å². The number of amides is 2. The normalized spacial score (nSPS) is 17.6. The summed E-state index contributed by atoms with van der Waals surface area (Å²) in [7, 11) is 0. The van der Waals surface area contributed by atoms with Gasteiger partial charge in [0.2, 0.25) is 0 Å². The van der Waals surface area contributed by atoms with Gasteiger partial charge in [0.05, 0.1) is 0 Å². The summed E-state index contributed by atoms with van der Waals surface area (Å²) < 4.78 is 0. The van der Waals surface area contributed by atoms with Gasteiger partial charge in [-0.3, -0.25) is 14.4 Å². The van der Waals surface area contributed by atoms with Gasteiger partial charge in [-0.25, -0.2) is 0 Å². The van der Waals surface area contributed by atoms with E-state index in [2.05, 4.69) is 41.4 Å². The average molecular weight is 545 g/mol. The summed E-state index contributed by atoms with van der Waals surface area (Å²) in [6.07, 6.45) is 7.36. The largest absolute Gasteiger partial charge is 0.481 e. The lowest BCUT2D eigenvalue weighted by atomic mass is 9.99.